The smallest absolute Gasteiger partial charge is 0.340 e. The van der Waals surface area contributed by atoms with E-state index >= 15 is 0 Å². The maximum absolute atomic E-state index is 14.2. The number of anilines is 1. The van der Waals surface area contributed by atoms with E-state index in [1.807, 2.05) is 20.8 Å². The zero-order valence-corrected chi connectivity index (χ0v) is 16.8. The van der Waals surface area contributed by atoms with Gasteiger partial charge in [0.2, 0.25) is 5.88 Å². The maximum Gasteiger partial charge on any atom is 0.340 e. The molecule has 1 aromatic heterocycles. The number of ether oxygens (including phenoxy) is 2. The fourth-order valence-electron chi connectivity index (χ4n) is 2.30. The van der Waals surface area contributed by atoms with Gasteiger partial charge >= 0.3 is 5.97 Å². The van der Waals surface area contributed by atoms with Crippen molar-refractivity contribution in [3.63, 3.8) is 0 Å². The molecule has 1 heterocycles. The molecule has 0 saturated carbocycles. The Balaban J connectivity index is 2.57. The van der Waals surface area contributed by atoms with Crippen molar-refractivity contribution in [3.8, 4) is 5.88 Å². The van der Waals surface area contributed by atoms with Crippen LogP contribution in [-0.2, 0) is 20.2 Å². The molecule has 28 heavy (non-hydrogen) atoms. The summed E-state index contributed by atoms with van der Waals surface area (Å²) in [7, 11) is -2.25. The summed E-state index contributed by atoms with van der Waals surface area (Å²) in [6.07, 6.45) is 1.53. The number of nitrogens with zero attached hydrogens (tertiary/aromatic N) is 1. The Morgan fingerprint density at radius 1 is 1.11 bits per heavy atom. The van der Waals surface area contributed by atoms with Crippen LogP contribution >= 0.6 is 0 Å². The van der Waals surface area contributed by atoms with Crippen LogP contribution in [0.5, 0.6) is 5.88 Å². The van der Waals surface area contributed by atoms with E-state index in [0.29, 0.717) is 17.7 Å². The topological polar surface area (TPSA) is 94.6 Å². The molecule has 1 aromatic carbocycles. The molecule has 0 bridgehead atoms. The highest BCUT2D eigenvalue weighted by atomic mass is 32.2. The van der Waals surface area contributed by atoms with E-state index in [1.165, 1.54) is 19.4 Å². The number of pyridine rings is 1. The molecule has 0 spiro atoms. The van der Waals surface area contributed by atoms with Gasteiger partial charge in [-0.05, 0) is 23.1 Å². The van der Waals surface area contributed by atoms with E-state index < -0.39 is 38.1 Å². The van der Waals surface area contributed by atoms with Gasteiger partial charge in [0.15, 0.2) is 0 Å². The molecular weight excluding hydrogens is 394 g/mol. The number of aromatic nitrogens is 1. The number of rotatable bonds is 5. The molecule has 152 valence electrons. The van der Waals surface area contributed by atoms with Crippen LogP contribution in [0.25, 0.3) is 0 Å². The van der Waals surface area contributed by atoms with E-state index in [1.54, 1.807) is 0 Å². The minimum atomic E-state index is -4.54. The second-order valence-corrected chi connectivity index (χ2v) is 8.54. The first-order chi connectivity index (χ1) is 12.9. The quantitative estimate of drug-likeness (QED) is 0.755. The van der Waals surface area contributed by atoms with Crippen molar-refractivity contribution >= 4 is 21.7 Å². The van der Waals surface area contributed by atoms with E-state index in [2.05, 4.69) is 14.4 Å². The van der Waals surface area contributed by atoms with Gasteiger partial charge in [0.25, 0.3) is 10.0 Å². The number of carbonyl (C=O) groups excluding carboxylic acids is 1. The van der Waals surface area contributed by atoms with Gasteiger partial charge in [-0.1, -0.05) is 20.8 Å². The van der Waals surface area contributed by atoms with Crippen LogP contribution in [0, 0.1) is 11.6 Å². The molecule has 7 nitrogen and oxygen atoms in total. The molecule has 0 aliphatic rings. The van der Waals surface area contributed by atoms with Gasteiger partial charge < -0.3 is 9.47 Å². The Hall–Kier alpha value is -2.75. The monoisotopic (exact) mass is 414 g/mol. The summed E-state index contributed by atoms with van der Waals surface area (Å²) in [5.41, 5.74) is -0.393. The lowest BCUT2D eigenvalue weighted by Crippen LogP contribution is -2.19. The Bertz CT molecular complexity index is 1020. The van der Waals surface area contributed by atoms with Gasteiger partial charge in [0, 0.05) is 12.3 Å². The molecule has 1 N–H and O–H groups in total. The molecule has 0 radical (unpaired) electrons. The molecule has 0 amide bonds. The molecule has 0 atom stereocenters. The zero-order valence-electron chi connectivity index (χ0n) is 16.0. The third kappa shape index (κ3) is 4.38. The third-order valence-corrected chi connectivity index (χ3v) is 5.25. The number of carbonyl (C=O) groups is 1. The number of halogens is 2. The summed E-state index contributed by atoms with van der Waals surface area (Å²) in [6.45, 7) is 5.70. The lowest BCUT2D eigenvalue weighted by atomic mass is 9.88. The number of esters is 1. The van der Waals surface area contributed by atoms with E-state index in [4.69, 9.17) is 4.74 Å². The third-order valence-electron chi connectivity index (χ3n) is 3.87. The van der Waals surface area contributed by atoms with Crippen molar-refractivity contribution < 1.29 is 31.5 Å². The summed E-state index contributed by atoms with van der Waals surface area (Å²) < 4.78 is 65.0. The molecule has 10 heteroatoms. The van der Waals surface area contributed by atoms with Crippen molar-refractivity contribution in [2.24, 2.45) is 0 Å². The number of benzene rings is 1. The molecule has 0 aliphatic heterocycles. The minimum absolute atomic E-state index is 0.0294. The minimum Gasteiger partial charge on any atom is -0.480 e. The number of sulfonamides is 1. The van der Waals surface area contributed by atoms with Gasteiger partial charge in [-0.3, -0.25) is 4.72 Å². The first kappa shape index (κ1) is 21.5. The first-order valence-electron chi connectivity index (χ1n) is 8.05. The molecule has 0 fully saturated rings. The van der Waals surface area contributed by atoms with Crippen molar-refractivity contribution in [2.75, 3.05) is 18.9 Å². The Morgan fingerprint density at radius 3 is 2.29 bits per heavy atom. The molecular formula is C18H20F2N2O5S. The average Bonchev–Trinajstić information content (AvgIpc) is 2.59. The number of hydrogen-bond acceptors (Lipinski definition) is 6. The lowest BCUT2D eigenvalue weighted by molar-refractivity contribution is 0.0595. The van der Waals surface area contributed by atoms with Crippen LogP contribution in [0.1, 0.15) is 36.7 Å². The highest BCUT2D eigenvalue weighted by Crippen LogP contribution is 2.31. The van der Waals surface area contributed by atoms with E-state index in [9.17, 15) is 22.0 Å². The van der Waals surface area contributed by atoms with Crippen LogP contribution < -0.4 is 9.46 Å². The predicted octanol–water partition coefficient (Wildman–Crippen LogP) is 3.25. The van der Waals surface area contributed by atoms with Crippen molar-refractivity contribution in [1.82, 2.24) is 4.98 Å². The normalized spacial score (nSPS) is 11.8. The number of methoxy groups -OCH3 is 2. The number of hydrogen-bond donors (Lipinski definition) is 1. The van der Waals surface area contributed by atoms with Crippen LogP contribution in [-0.4, -0.2) is 33.6 Å². The Kier molecular flexibility index (Phi) is 5.93. The maximum atomic E-state index is 14.2. The highest BCUT2D eigenvalue weighted by Gasteiger charge is 2.27. The summed E-state index contributed by atoms with van der Waals surface area (Å²) in [5.74, 6) is -3.77. The highest BCUT2D eigenvalue weighted by molar-refractivity contribution is 7.92. The summed E-state index contributed by atoms with van der Waals surface area (Å²) in [6, 6.07) is 2.39. The standard InChI is InChI=1S/C18H20F2N2O5S/c1-18(2,3)10-6-14(16(26-4)21-9-10)22-28(24,25)15-7-11(17(23)27-5)12(19)8-13(15)20/h6-9,22H,1-5H3. The SMILES string of the molecule is COC(=O)c1cc(S(=O)(=O)Nc2cc(C(C)(C)C)cnc2OC)c(F)cc1F. The van der Waals surface area contributed by atoms with Gasteiger partial charge in [-0.2, -0.15) is 0 Å². The van der Waals surface area contributed by atoms with Gasteiger partial charge in [0.1, 0.15) is 22.2 Å². The van der Waals surface area contributed by atoms with E-state index in [0.717, 1.165) is 7.11 Å². The summed E-state index contributed by atoms with van der Waals surface area (Å²) >= 11 is 0. The van der Waals surface area contributed by atoms with Crippen molar-refractivity contribution in [1.29, 1.82) is 0 Å². The van der Waals surface area contributed by atoms with Crippen molar-refractivity contribution in [2.45, 2.75) is 31.1 Å². The second kappa shape index (κ2) is 7.70. The van der Waals surface area contributed by atoms with E-state index in [-0.39, 0.29) is 17.0 Å². The van der Waals surface area contributed by atoms with Gasteiger partial charge in [0.05, 0.1) is 19.8 Å². The van der Waals surface area contributed by atoms with Crippen molar-refractivity contribution in [3.05, 3.63) is 47.2 Å². The van der Waals surface area contributed by atoms with Crippen LogP contribution in [0.15, 0.2) is 29.3 Å². The van der Waals surface area contributed by atoms with Gasteiger partial charge in [-0.15, -0.1) is 0 Å². The average molecular weight is 414 g/mol. The first-order valence-corrected chi connectivity index (χ1v) is 9.53. The molecule has 2 aromatic rings. The fraction of sp³-hybridized carbons (Fsp3) is 0.333. The second-order valence-electron chi connectivity index (χ2n) is 6.89. The molecule has 0 aliphatic carbocycles. The molecule has 0 unspecified atom stereocenters. The Morgan fingerprint density at radius 2 is 1.75 bits per heavy atom. The van der Waals surface area contributed by atoms with Crippen LogP contribution in [0.2, 0.25) is 0 Å². The largest absolute Gasteiger partial charge is 0.480 e. The number of nitrogens with one attached hydrogen (secondary N) is 1. The fourth-order valence-corrected chi connectivity index (χ4v) is 3.43. The Labute approximate surface area is 161 Å². The summed E-state index contributed by atoms with van der Waals surface area (Å²) in [4.78, 5) is 14.7. The predicted molar refractivity (Wildman–Crippen MR) is 98.0 cm³/mol. The summed E-state index contributed by atoms with van der Waals surface area (Å²) in [5, 5.41) is 0. The van der Waals surface area contributed by atoms with Crippen LogP contribution in [0.4, 0.5) is 14.5 Å². The van der Waals surface area contributed by atoms with Crippen LogP contribution in [0.3, 0.4) is 0 Å². The molecule has 0 saturated heterocycles. The molecule has 2 rings (SSSR count). The lowest BCUT2D eigenvalue weighted by Gasteiger charge is -2.20. The zero-order chi connectivity index (χ0) is 21.3. The van der Waals surface area contributed by atoms with Gasteiger partial charge in [-0.25, -0.2) is 27.0 Å².